The van der Waals surface area contributed by atoms with Gasteiger partial charge in [-0.3, -0.25) is 0 Å². The molecule has 1 aliphatic rings. The minimum absolute atomic E-state index is 0.491. The molecule has 0 saturated heterocycles. The fourth-order valence-electron chi connectivity index (χ4n) is 2.48. The molecule has 1 N–H and O–H groups in total. The molecule has 0 saturated carbocycles. The van der Waals surface area contributed by atoms with Crippen LogP contribution in [0.15, 0.2) is 42.2 Å². The van der Waals surface area contributed by atoms with Crippen molar-refractivity contribution in [1.29, 1.82) is 0 Å². The number of hydrogen-bond donors (Lipinski definition) is 1. The second kappa shape index (κ2) is 4.34. The summed E-state index contributed by atoms with van der Waals surface area (Å²) in [6.07, 6.45) is 9.89. The maximum absolute atomic E-state index is 10.4. The van der Waals surface area contributed by atoms with Gasteiger partial charge in [0.05, 0.1) is 11.7 Å². The SMILES string of the molecule is OC(C1=CCCCC1)c1cnn2ccccc12. The number of aromatic nitrogens is 2. The van der Waals surface area contributed by atoms with E-state index >= 15 is 0 Å². The van der Waals surface area contributed by atoms with Crippen LogP contribution in [0.4, 0.5) is 0 Å². The number of hydrogen-bond acceptors (Lipinski definition) is 2. The van der Waals surface area contributed by atoms with Gasteiger partial charge in [-0.05, 0) is 43.4 Å². The van der Waals surface area contributed by atoms with Crippen LogP contribution in [0, 0.1) is 0 Å². The molecule has 1 atom stereocenters. The molecule has 3 nitrogen and oxygen atoms in total. The Balaban J connectivity index is 2.00. The molecule has 0 fully saturated rings. The summed E-state index contributed by atoms with van der Waals surface area (Å²) in [6.45, 7) is 0. The maximum Gasteiger partial charge on any atom is 0.104 e. The highest BCUT2D eigenvalue weighted by atomic mass is 16.3. The number of nitrogens with zero attached hydrogens (tertiary/aromatic N) is 2. The zero-order valence-electron chi connectivity index (χ0n) is 9.71. The largest absolute Gasteiger partial charge is 0.384 e. The molecule has 0 aromatic carbocycles. The van der Waals surface area contributed by atoms with Gasteiger partial charge in [-0.25, -0.2) is 4.52 Å². The number of pyridine rings is 1. The lowest BCUT2D eigenvalue weighted by atomic mass is 9.92. The monoisotopic (exact) mass is 228 g/mol. The Labute approximate surface area is 100 Å². The van der Waals surface area contributed by atoms with E-state index in [2.05, 4.69) is 11.2 Å². The van der Waals surface area contributed by atoms with Gasteiger partial charge in [-0.15, -0.1) is 0 Å². The molecular formula is C14H16N2O. The van der Waals surface area contributed by atoms with Gasteiger partial charge in [0, 0.05) is 11.8 Å². The Morgan fingerprint density at radius 1 is 1.29 bits per heavy atom. The molecule has 2 aromatic rings. The van der Waals surface area contributed by atoms with Gasteiger partial charge in [0.15, 0.2) is 0 Å². The van der Waals surface area contributed by atoms with Crippen molar-refractivity contribution in [3.8, 4) is 0 Å². The summed E-state index contributed by atoms with van der Waals surface area (Å²) >= 11 is 0. The van der Waals surface area contributed by atoms with Crippen LogP contribution < -0.4 is 0 Å². The van der Waals surface area contributed by atoms with Crippen LogP contribution in [0.5, 0.6) is 0 Å². The van der Waals surface area contributed by atoms with E-state index in [0.717, 1.165) is 29.5 Å². The fourth-order valence-corrected chi connectivity index (χ4v) is 2.48. The topological polar surface area (TPSA) is 37.5 Å². The Hall–Kier alpha value is -1.61. The summed E-state index contributed by atoms with van der Waals surface area (Å²) in [5.74, 6) is 0. The van der Waals surface area contributed by atoms with Crippen molar-refractivity contribution in [1.82, 2.24) is 9.61 Å². The smallest absolute Gasteiger partial charge is 0.104 e. The highest BCUT2D eigenvalue weighted by molar-refractivity contribution is 5.56. The molecule has 2 heterocycles. The molecule has 0 amide bonds. The first-order chi connectivity index (χ1) is 8.36. The predicted octanol–water partition coefficient (Wildman–Crippen LogP) is 2.87. The van der Waals surface area contributed by atoms with E-state index in [1.165, 1.54) is 12.8 Å². The highest BCUT2D eigenvalue weighted by Gasteiger charge is 2.18. The molecule has 3 rings (SSSR count). The summed E-state index contributed by atoms with van der Waals surface area (Å²) in [5.41, 5.74) is 3.06. The molecule has 1 unspecified atom stereocenters. The van der Waals surface area contributed by atoms with Gasteiger partial charge < -0.3 is 5.11 Å². The number of aliphatic hydroxyl groups excluding tert-OH is 1. The van der Waals surface area contributed by atoms with Crippen LogP contribution in [0.25, 0.3) is 5.52 Å². The third-order valence-corrected chi connectivity index (χ3v) is 3.43. The molecule has 17 heavy (non-hydrogen) atoms. The summed E-state index contributed by atoms with van der Waals surface area (Å²) in [5, 5.41) is 14.7. The van der Waals surface area contributed by atoms with Crippen molar-refractivity contribution in [2.75, 3.05) is 0 Å². The summed E-state index contributed by atoms with van der Waals surface area (Å²) in [7, 11) is 0. The van der Waals surface area contributed by atoms with Crippen LogP contribution in [0.1, 0.15) is 37.4 Å². The first-order valence-corrected chi connectivity index (χ1v) is 6.15. The van der Waals surface area contributed by atoms with Gasteiger partial charge in [-0.2, -0.15) is 5.10 Å². The molecular weight excluding hydrogens is 212 g/mol. The second-order valence-corrected chi connectivity index (χ2v) is 4.56. The minimum Gasteiger partial charge on any atom is -0.384 e. The Morgan fingerprint density at radius 2 is 2.24 bits per heavy atom. The van der Waals surface area contributed by atoms with Crippen molar-refractivity contribution >= 4 is 5.52 Å². The maximum atomic E-state index is 10.4. The van der Waals surface area contributed by atoms with Gasteiger partial charge in [-0.1, -0.05) is 12.1 Å². The number of fused-ring (bicyclic) bond motifs is 1. The summed E-state index contributed by atoms with van der Waals surface area (Å²) < 4.78 is 1.81. The first-order valence-electron chi connectivity index (χ1n) is 6.15. The Morgan fingerprint density at radius 3 is 3.06 bits per heavy atom. The van der Waals surface area contributed by atoms with Gasteiger partial charge in [0.1, 0.15) is 6.10 Å². The van der Waals surface area contributed by atoms with Gasteiger partial charge in [0.25, 0.3) is 0 Å². The van der Waals surface area contributed by atoms with Gasteiger partial charge >= 0.3 is 0 Å². The van der Waals surface area contributed by atoms with E-state index < -0.39 is 6.10 Å². The second-order valence-electron chi connectivity index (χ2n) is 4.56. The molecule has 0 radical (unpaired) electrons. The molecule has 88 valence electrons. The van der Waals surface area contributed by atoms with Crippen LogP contribution in [0.3, 0.4) is 0 Å². The lowest BCUT2D eigenvalue weighted by molar-refractivity contribution is 0.210. The minimum atomic E-state index is -0.491. The molecule has 1 aliphatic carbocycles. The number of allylic oxidation sites excluding steroid dienone is 1. The van der Waals surface area contributed by atoms with E-state index in [4.69, 9.17) is 0 Å². The first kappa shape index (κ1) is 10.5. The standard InChI is InChI=1S/C14H16N2O/c17-14(11-6-2-1-3-7-11)12-10-15-16-9-5-4-8-13(12)16/h4-6,8-10,14,17H,1-3,7H2. The molecule has 0 aliphatic heterocycles. The zero-order chi connectivity index (χ0) is 11.7. The van der Waals surface area contributed by atoms with Crippen molar-refractivity contribution in [3.63, 3.8) is 0 Å². The third-order valence-electron chi connectivity index (χ3n) is 3.43. The van der Waals surface area contributed by atoms with E-state index in [9.17, 15) is 5.11 Å². The van der Waals surface area contributed by atoms with Crippen molar-refractivity contribution in [2.45, 2.75) is 31.8 Å². The Bertz CT molecular complexity index is 556. The fraction of sp³-hybridized carbons (Fsp3) is 0.357. The molecule has 0 spiro atoms. The molecule has 3 heteroatoms. The quantitative estimate of drug-likeness (QED) is 0.802. The van der Waals surface area contributed by atoms with Crippen LogP contribution >= 0.6 is 0 Å². The third kappa shape index (κ3) is 1.87. The van der Waals surface area contributed by atoms with E-state index in [1.54, 1.807) is 6.20 Å². The highest BCUT2D eigenvalue weighted by Crippen LogP contribution is 2.31. The Kier molecular flexibility index (Phi) is 2.69. The zero-order valence-corrected chi connectivity index (χ0v) is 9.71. The normalized spacial score (nSPS) is 18.1. The van der Waals surface area contributed by atoms with Crippen molar-refractivity contribution in [2.24, 2.45) is 0 Å². The van der Waals surface area contributed by atoms with Gasteiger partial charge in [0.2, 0.25) is 0 Å². The molecule has 2 aromatic heterocycles. The summed E-state index contributed by atoms with van der Waals surface area (Å²) in [6, 6.07) is 5.91. The predicted molar refractivity (Wildman–Crippen MR) is 66.7 cm³/mol. The van der Waals surface area contributed by atoms with Crippen LogP contribution in [-0.2, 0) is 0 Å². The lowest BCUT2D eigenvalue weighted by Crippen LogP contribution is -2.04. The average molecular weight is 228 g/mol. The molecule has 0 bridgehead atoms. The lowest BCUT2D eigenvalue weighted by Gasteiger charge is -2.17. The average Bonchev–Trinajstić information content (AvgIpc) is 2.83. The van der Waals surface area contributed by atoms with Crippen LogP contribution in [-0.4, -0.2) is 14.7 Å². The summed E-state index contributed by atoms with van der Waals surface area (Å²) in [4.78, 5) is 0. The van der Waals surface area contributed by atoms with E-state index in [1.807, 2.05) is 28.9 Å². The number of rotatable bonds is 2. The van der Waals surface area contributed by atoms with E-state index in [-0.39, 0.29) is 0 Å². The van der Waals surface area contributed by atoms with Crippen LogP contribution in [0.2, 0.25) is 0 Å². The van der Waals surface area contributed by atoms with Crippen molar-refractivity contribution in [3.05, 3.63) is 47.8 Å². The van der Waals surface area contributed by atoms with E-state index in [0.29, 0.717) is 0 Å². The van der Waals surface area contributed by atoms with Crippen molar-refractivity contribution < 1.29 is 5.11 Å². The number of aliphatic hydroxyl groups is 1.